The van der Waals surface area contributed by atoms with E-state index in [-0.39, 0.29) is 12.0 Å². The number of thiophene rings is 1. The van der Waals surface area contributed by atoms with Crippen LogP contribution in [-0.4, -0.2) is 30.1 Å². The van der Waals surface area contributed by atoms with Gasteiger partial charge in [-0.1, -0.05) is 23.7 Å². The molecule has 9 heteroatoms. The van der Waals surface area contributed by atoms with E-state index in [9.17, 15) is 9.59 Å². The molecule has 2 aliphatic heterocycles. The molecular formula is C22H20ClN3O4S. The Hall–Kier alpha value is -2.97. The predicted molar refractivity (Wildman–Crippen MR) is 118 cm³/mol. The third-order valence-electron chi connectivity index (χ3n) is 5.38. The van der Waals surface area contributed by atoms with Crippen LogP contribution in [0.1, 0.15) is 39.6 Å². The van der Waals surface area contributed by atoms with Gasteiger partial charge in [0.05, 0.1) is 18.7 Å². The molecule has 2 aliphatic rings. The summed E-state index contributed by atoms with van der Waals surface area (Å²) in [7, 11) is 0. The fourth-order valence-electron chi connectivity index (χ4n) is 3.93. The minimum atomic E-state index is -0.478. The van der Waals surface area contributed by atoms with Gasteiger partial charge in [0, 0.05) is 22.0 Å². The molecule has 2 aromatic heterocycles. The lowest BCUT2D eigenvalue weighted by Crippen LogP contribution is -2.39. The van der Waals surface area contributed by atoms with Crippen molar-refractivity contribution >= 4 is 39.9 Å². The second kappa shape index (κ2) is 7.94. The van der Waals surface area contributed by atoms with E-state index in [0.717, 1.165) is 21.0 Å². The molecule has 31 heavy (non-hydrogen) atoms. The van der Waals surface area contributed by atoms with E-state index >= 15 is 0 Å². The van der Waals surface area contributed by atoms with Gasteiger partial charge in [-0.05, 0) is 43.2 Å². The summed E-state index contributed by atoms with van der Waals surface area (Å²) in [5.74, 6) is 1.14. The Balaban J connectivity index is 1.38. The summed E-state index contributed by atoms with van der Waals surface area (Å²) >= 11 is 7.58. The molecule has 4 heterocycles. The molecule has 0 saturated carbocycles. The minimum Gasteiger partial charge on any atom is -0.457 e. The molecule has 0 fully saturated rings. The van der Waals surface area contributed by atoms with Gasteiger partial charge in [-0.2, -0.15) is 0 Å². The SMILES string of the molecule is CCOC(=O)N1CCc2c(sc3c2C(=O)NC(c2ccc(-c4cccc(Cl)c4)o2)N3)C1. The number of furan rings is 1. The molecule has 1 atom stereocenters. The Morgan fingerprint density at radius 1 is 1.32 bits per heavy atom. The molecule has 5 rings (SSSR count). The summed E-state index contributed by atoms with van der Waals surface area (Å²) in [5, 5.41) is 7.79. The summed E-state index contributed by atoms with van der Waals surface area (Å²) in [6.07, 6.45) is -0.174. The second-order valence-electron chi connectivity index (χ2n) is 7.34. The van der Waals surface area contributed by atoms with E-state index < -0.39 is 6.17 Å². The van der Waals surface area contributed by atoms with Crippen molar-refractivity contribution in [2.75, 3.05) is 18.5 Å². The zero-order valence-electron chi connectivity index (χ0n) is 16.7. The van der Waals surface area contributed by atoms with Crippen LogP contribution in [0.25, 0.3) is 11.3 Å². The third kappa shape index (κ3) is 3.66. The molecule has 3 aromatic rings. The predicted octanol–water partition coefficient (Wildman–Crippen LogP) is 5.03. The molecule has 160 valence electrons. The fourth-order valence-corrected chi connectivity index (χ4v) is 5.41. The van der Waals surface area contributed by atoms with Gasteiger partial charge in [0.25, 0.3) is 5.91 Å². The molecule has 0 bridgehead atoms. The summed E-state index contributed by atoms with van der Waals surface area (Å²) in [6.45, 7) is 3.12. The lowest BCUT2D eigenvalue weighted by atomic mass is 10.0. The number of hydrogen-bond donors (Lipinski definition) is 2. The van der Waals surface area contributed by atoms with Gasteiger partial charge in [0.2, 0.25) is 0 Å². The van der Waals surface area contributed by atoms with Crippen molar-refractivity contribution in [1.82, 2.24) is 10.2 Å². The molecule has 1 aromatic carbocycles. The van der Waals surface area contributed by atoms with Crippen LogP contribution < -0.4 is 10.6 Å². The zero-order valence-corrected chi connectivity index (χ0v) is 18.3. The number of ether oxygens (including phenoxy) is 1. The van der Waals surface area contributed by atoms with Gasteiger partial charge >= 0.3 is 6.09 Å². The van der Waals surface area contributed by atoms with Gasteiger partial charge in [0.15, 0.2) is 6.17 Å². The number of nitrogens with one attached hydrogen (secondary N) is 2. The van der Waals surface area contributed by atoms with Crippen molar-refractivity contribution in [3.8, 4) is 11.3 Å². The highest BCUT2D eigenvalue weighted by Gasteiger charge is 2.35. The first-order valence-electron chi connectivity index (χ1n) is 10.0. The van der Waals surface area contributed by atoms with Crippen molar-refractivity contribution in [3.63, 3.8) is 0 Å². The molecule has 2 amide bonds. The first kappa shape index (κ1) is 20.0. The van der Waals surface area contributed by atoms with Crippen LogP contribution in [0.2, 0.25) is 5.02 Å². The second-order valence-corrected chi connectivity index (χ2v) is 8.88. The Morgan fingerprint density at radius 3 is 3.00 bits per heavy atom. The van der Waals surface area contributed by atoms with Crippen LogP contribution in [0.5, 0.6) is 0 Å². The Morgan fingerprint density at radius 2 is 2.19 bits per heavy atom. The van der Waals surface area contributed by atoms with Gasteiger partial charge in [-0.25, -0.2) is 4.79 Å². The van der Waals surface area contributed by atoms with Crippen molar-refractivity contribution in [3.05, 3.63) is 63.2 Å². The number of amides is 2. The Bertz CT molecular complexity index is 1170. The average molecular weight is 458 g/mol. The summed E-state index contributed by atoms with van der Waals surface area (Å²) in [6, 6.07) is 11.1. The van der Waals surface area contributed by atoms with E-state index in [4.69, 9.17) is 20.8 Å². The molecule has 0 saturated heterocycles. The number of carbonyl (C=O) groups is 2. The lowest BCUT2D eigenvalue weighted by molar-refractivity contribution is 0.0929. The van der Waals surface area contributed by atoms with E-state index in [1.807, 2.05) is 30.3 Å². The molecule has 1 unspecified atom stereocenters. The first-order chi connectivity index (χ1) is 15.0. The van der Waals surface area contributed by atoms with Crippen molar-refractivity contribution in [2.45, 2.75) is 26.1 Å². The third-order valence-corrected chi connectivity index (χ3v) is 6.76. The number of benzene rings is 1. The molecule has 0 aliphatic carbocycles. The maximum absolute atomic E-state index is 12.9. The standard InChI is InChI=1S/C22H20ClN3O4S/c1-2-29-22(28)26-9-8-14-17(11-26)31-21-18(14)20(27)24-19(25-21)16-7-6-15(30-16)12-4-3-5-13(23)10-12/h3-7,10,19,25H,2,8-9,11H2,1H3,(H,24,27). The van der Waals surface area contributed by atoms with Crippen LogP contribution in [0.15, 0.2) is 40.8 Å². The van der Waals surface area contributed by atoms with E-state index in [0.29, 0.717) is 48.2 Å². The topological polar surface area (TPSA) is 83.8 Å². The zero-order chi connectivity index (χ0) is 21.5. The highest BCUT2D eigenvalue weighted by molar-refractivity contribution is 7.16. The highest BCUT2D eigenvalue weighted by Crippen LogP contribution is 2.41. The largest absolute Gasteiger partial charge is 0.457 e. The Labute approximate surface area is 187 Å². The monoisotopic (exact) mass is 457 g/mol. The van der Waals surface area contributed by atoms with Crippen molar-refractivity contribution in [2.24, 2.45) is 0 Å². The van der Waals surface area contributed by atoms with Crippen molar-refractivity contribution in [1.29, 1.82) is 0 Å². The van der Waals surface area contributed by atoms with E-state index in [1.54, 1.807) is 17.9 Å². The quantitative estimate of drug-likeness (QED) is 0.576. The number of halogens is 1. The molecular weight excluding hydrogens is 438 g/mol. The minimum absolute atomic E-state index is 0.137. The molecule has 7 nitrogen and oxygen atoms in total. The van der Waals surface area contributed by atoms with Crippen LogP contribution in [-0.2, 0) is 17.7 Å². The number of rotatable bonds is 3. The van der Waals surface area contributed by atoms with E-state index in [2.05, 4.69) is 10.6 Å². The van der Waals surface area contributed by atoms with Gasteiger partial charge in [0.1, 0.15) is 16.5 Å². The lowest BCUT2D eigenvalue weighted by Gasteiger charge is -2.27. The van der Waals surface area contributed by atoms with Crippen molar-refractivity contribution < 1.29 is 18.7 Å². The molecule has 2 N–H and O–H groups in total. The smallest absolute Gasteiger partial charge is 0.410 e. The van der Waals surface area contributed by atoms with Gasteiger partial charge in [-0.15, -0.1) is 11.3 Å². The molecule has 0 radical (unpaired) electrons. The number of anilines is 1. The average Bonchev–Trinajstić information content (AvgIpc) is 3.38. The summed E-state index contributed by atoms with van der Waals surface area (Å²) in [5.41, 5.74) is 2.54. The normalized spacial score (nSPS) is 17.4. The van der Waals surface area contributed by atoms with E-state index in [1.165, 1.54) is 11.3 Å². The summed E-state index contributed by atoms with van der Waals surface area (Å²) < 4.78 is 11.1. The Kier molecular flexibility index (Phi) is 5.11. The number of nitrogens with zero attached hydrogens (tertiary/aromatic N) is 1. The number of carbonyl (C=O) groups excluding carboxylic acids is 2. The van der Waals surface area contributed by atoms with Gasteiger partial charge in [-0.3, -0.25) is 4.79 Å². The maximum atomic E-state index is 12.9. The van der Waals surface area contributed by atoms with Gasteiger partial charge < -0.3 is 24.7 Å². The maximum Gasteiger partial charge on any atom is 0.410 e. The molecule has 0 spiro atoms. The number of fused-ring (bicyclic) bond motifs is 3. The highest BCUT2D eigenvalue weighted by atomic mass is 35.5. The number of hydrogen-bond acceptors (Lipinski definition) is 6. The van der Waals surface area contributed by atoms with Crippen LogP contribution in [0.4, 0.5) is 9.80 Å². The first-order valence-corrected chi connectivity index (χ1v) is 11.2. The van der Waals surface area contributed by atoms with Crippen LogP contribution >= 0.6 is 22.9 Å². The fraction of sp³-hybridized carbons (Fsp3) is 0.273. The van der Waals surface area contributed by atoms with Crippen LogP contribution in [0, 0.1) is 0 Å². The summed E-state index contributed by atoms with van der Waals surface area (Å²) in [4.78, 5) is 27.7. The van der Waals surface area contributed by atoms with Crippen LogP contribution in [0.3, 0.4) is 0 Å².